The summed E-state index contributed by atoms with van der Waals surface area (Å²) >= 11 is 0. The number of carbonyl (C=O) groups is 2. The van der Waals surface area contributed by atoms with Crippen LogP contribution in [-0.4, -0.2) is 17.7 Å². The molecule has 0 aliphatic carbocycles. The first-order chi connectivity index (χ1) is 6.99. The van der Waals surface area contributed by atoms with Crippen LogP contribution in [0.2, 0.25) is 0 Å². The van der Waals surface area contributed by atoms with Crippen LogP contribution in [0.5, 0.6) is 0 Å². The molecule has 0 radical (unpaired) electrons. The lowest BCUT2D eigenvalue weighted by molar-refractivity contribution is -0.121. The summed E-state index contributed by atoms with van der Waals surface area (Å²) in [6.45, 7) is 5.18. The van der Waals surface area contributed by atoms with Crippen molar-refractivity contribution in [1.82, 2.24) is 5.43 Å². The third kappa shape index (κ3) is 5.98. The highest BCUT2D eigenvalue weighted by atomic mass is 16.2. The molecule has 0 aromatic carbocycles. The Morgan fingerprint density at radius 3 is 2.47 bits per heavy atom. The first-order valence-corrected chi connectivity index (χ1v) is 4.93. The van der Waals surface area contributed by atoms with Crippen LogP contribution in [0.1, 0.15) is 32.6 Å². The standard InChI is InChI=1S/C10H19N3O2/c1-7(2)10(15)8(11)5-3-4-6-9(14)13-12/h8H,1,3-6,11-12H2,2H3,(H,13,14). The van der Waals surface area contributed by atoms with Crippen LogP contribution in [0.3, 0.4) is 0 Å². The van der Waals surface area contributed by atoms with Gasteiger partial charge in [0, 0.05) is 6.42 Å². The van der Waals surface area contributed by atoms with E-state index in [2.05, 4.69) is 6.58 Å². The number of Topliss-reactive ketones (excluding diaryl/α,β-unsaturated/α-hetero) is 1. The molecule has 0 bridgehead atoms. The third-order valence-corrected chi connectivity index (χ3v) is 2.09. The Bertz CT molecular complexity index is 251. The van der Waals surface area contributed by atoms with Gasteiger partial charge in [0.1, 0.15) is 0 Å². The van der Waals surface area contributed by atoms with Gasteiger partial charge >= 0.3 is 0 Å². The maximum absolute atomic E-state index is 11.3. The monoisotopic (exact) mass is 213 g/mol. The fourth-order valence-corrected chi connectivity index (χ4v) is 1.17. The van der Waals surface area contributed by atoms with Crippen LogP contribution in [-0.2, 0) is 9.59 Å². The highest BCUT2D eigenvalue weighted by Crippen LogP contribution is 2.05. The van der Waals surface area contributed by atoms with Gasteiger partial charge in [0.05, 0.1) is 6.04 Å². The predicted octanol–water partition coefficient (Wildman–Crippen LogP) is 0.00920. The van der Waals surface area contributed by atoms with E-state index in [4.69, 9.17) is 11.6 Å². The number of amides is 1. The highest BCUT2D eigenvalue weighted by Gasteiger charge is 2.13. The second-order valence-electron chi connectivity index (χ2n) is 3.56. The molecule has 15 heavy (non-hydrogen) atoms. The summed E-state index contributed by atoms with van der Waals surface area (Å²) in [7, 11) is 0. The van der Waals surface area contributed by atoms with E-state index in [9.17, 15) is 9.59 Å². The SMILES string of the molecule is C=C(C)C(=O)C(N)CCCCC(=O)NN. The maximum atomic E-state index is 11.3. The molecule has 0 heterocycles. The maximum Gasteiger partial charge on any atom is 0.233 e. The zero-order valence-corrected chi connectivity index (χ0v) is 9.08. The molecule has 0 fully saturated rings. The largest absolute Gasteiger partial charge is 0.321 e. The van der Waals surface area contributed by atoms with Gasteiger partial charge in [0.25, 0.3) is 0 Å². The lowest BCUT2D eigenvalue weighted by atomic mass is 10.0. The molecule has 0 aromatic rings. The number of rotatable bonds is 7. The molecule has 5 heteroatoms. The van der Waals surface area contributed by atoms with E-state index in [1.807, 2.05) is 5.43 Å². The van der Waals surface area contributed by atoms with Crippen LogP contribution in [0, 0.1) is 0 Å². The molecule has 0 spiro atoms. The van der Waals surface area contributed by atoms with Crippen molar-refractivity contribution in [3.8, 4) is 0 Å². The van der Waals surface area contributed by atoms with Gasteiger partial charge in [-0.3, -0.25) is 15.0 Å². The van der Waals surface area contributed by atoms with Crippen LogP contribution >= 0.6 is 0 Å². The summed E-state index contributed by atoms with van der Waals surface area (Å²) in [5, 5.41) is 0. The topological polar surface area (TPSA) is 98.2 Å². The number of hydrogen-bond acceptors (Lipinski definition) is 4. The molecule has 1 amide bonds. The molecule has 0 aliphatic rings. The number of nitrogens with two attached hydrogens (primary N) is 2. The normalized spacial score (nSPS) is 11.9. The van der Waals surface area contributed by atoms with Crippen LogP contribution in [0.15, 0.2) is 12.2 Å². The second kappa shape index (κ2) is 7.14. The van der Waals surface area contributed by atoms with Crippen molar-refractivity contribution in [2.45, 2.75) is 38.6 Å². The van der Waals surface area contributed by atoms with Crippen LogP contribution in [0.25, 0.3) is 0 Å². The highest BCUT2D eigenvalue weighted by molar-refractivity contribution is 5.98. The van der Waals surface area contributed by atoms with Crippen molar-refractivity contribution in [1.29, 1.82) is 0 Å². The van der Waals surface area contributed by atoms with E-state index in [0.29, 0.717) is 24.8 Å². The molecule has 0 aromatic heterocycles. The van der Waals surface area contributed by atoms with Crippen molar-refractivity contribution in [3.63, 3.8) is 0 Å². The lowest BCUT2D eigenvalue weighted by Crippen LogP contribution is -2.31. The Hall–Kier alpha value is -1.20. The predicted molar refractivity (Wildman–Crippen MR) is 58.6 cm³/mol. The first kappa shape index (κ1) is 13.8. The Kier molecular flexibility index (Phi) is 6.57. The van der Waals surface area contributed by atoms with Crippen molar-refractivity contribution in [2.24, 2.45) is 11.6 Å². The average Bonchev–Trinajstić information content (AvgIpc) is 2.22. The minimum absolute atomic E-state index is 0.113. The van der Waals surface area contributed by atoms with Crippen molar-refractivity contribution >= 4 is 11.7 Å². The molecule has 0 saturated heterocycles. The van der Waals surface area contributed by atoms with E-state index in [1.54, 1.807) is 6.92 Å². The molecular weight excluding hydrogens is 194 g/mol. The lowest BCUT2D eigenvalue weighted by Gasteiger charge is -2.09. The fraction of sp³-hybridized carbons (Fsp3) is 0.600. The van der Waals surface area contributed by atoms with Gasteiger partial charge in [-0.25, -0.2) is 5.84 Å². The quantitative estimate of drug-likeness (QED) is 0.182. The number of nitrogens with one attached hydrogen (secondary N) is 1. The van der Waals surface area contributed by atoms with Crippen LogP contribution < -0.4 is 17.0 Å². The third-order valence-electron chi connectivity index (χ3n) is 2.09. The van der Waals surface area contributed by atoms with Crippen LogP contribution in [0.4, 0.5) is 0 Å². The summed E-state index contributed by atoms with van der Waals surface area (Å²) < 4.78 is 0. The van der Waals surface area contributed by atoms with Gasteiger partial charge < -0.3 is 5.73 Å². The van der Waals surface area contributed by atoms with E-state index < -0.39 is 6.04 Å². The van der Waals surface area contributed by atoms with E-state index in [-0.39, 0.29) is 11.7 Å². The van der Waals surface area contributed by atoms with Gasteiger partial charge in [-0.15, -0.1) is 0 Å². The number of carbonyl (C=O) groups excluding carboxylic acids is 2. The molecule has 1 unspecified atom stereocenters. The minimum Gasteiger partial charge on any atom is -0.321 e. The minimum atomic E-state index is -0.497. The smallest absolute Gasteiger partial charge is 0.233 e. The molecule has 0 saturated carbocycles. The number of hydrazine groups is 1. The summed E-state index contributed by atoms with van der Waals surface area (Å²) in [6.07, 6.45) is 2.35. The Balaban J connectivity index is 3.64. The fourth-order valence-electron chi connectivity index (χ4n) is 1.17. The zero-order chi connectivity index (χ0) is 11.8. The second-order valence-corrected chi connectivity index (χ2v) is 3.56. The van der Waals surface area contributed by atoms with Crippen molar-refractivity contribution < 1.29 is 9.59 Å². The summed E-state index contributed by atoms with van der Waals surface area (Å²) in [6, 6.07) is -0.497. The zero-order valence-electron chi connectivity index (χ0n) is 9.08. The number of ketones is 1. The Morgan fingerprint density at radius 1 is 1.40 bits per heavy atom. The molecule has 5 nitrogen and oxygen atoms in total. The van der Waals surface area contributed by atoms with E-state index >= 15 is 0 Å². The van der Waals surface area contributed by atoms with E-state index in [0.717, 1.165) is 6.42 Å². The summed E-state index contributed by atoms with van der Waals surface area (Å²) in [5.41, 5.74) is 8.15. The van der Waals surface area contributed by atoms with Gasteiger partial charge in [0.2, 0.25) is 5.91 Å². The Labute approximate surface area is 89.9 Å². The molecule has 1 atom stereocenters. The van der Waals surface area contributed by atoms with E-state index in [1.165, 1.54) is 0 Å². The molecule has 0 aliphatic heterocycles. The van der Waals surface area contributed by atoms with Crippen molar-refractivity contribution in [2.75, 3.05) is 0 Å². The van der Waals surface area contributed by atoms with Gasteiger partial charge in [-0.1, -0.05) is 13.0 Å². The van der Waals surface area contributed by atoms with Gasteiger partial charge in [-0.2, -0.15) is 0 Å². The molecule has 5 N–H and O–H groups in total. The van der Waals surface area contributed by atoms with Crippen molar-refractivity contribution in [3.05, 3.63) is 12.2 Å². The summed E-state index contributed by atoms with van der Waals surface area (Å²) in [4.78, 5) is 22.1. The van der Waals surface area contributed by atoms with Gasteiger partial charge in [0.15, 0.2) is 5.78 Å². The number of hydrogen-bond donors (Lipinski definition) is 3. The Morgan fingerprint density at radius 2 is 2.00 bits per heavy atom. The number of unbranched alkanes of at least 4 members (excludes halogenated alkanes) is 1. The van der Waals surface area contributed by atoms with Gasteiger partial charge in [-0.05, 0) is 25.3 Å². The first-order valence-electron chi connectivity index (χ1n) is 4.93. The summed E-state index contributed by atoms with van der Waals surface area (Å²) in [5.74, 6) is 4.60. The molecule has 0 rings (SSSR count). The average molecular weight is 213 g/mol. The molecule has 86 valence electrons. The molecular formula is C10H19N3O2.